The first kappa shape index (κ1) is 14.8. The van der Waals surface area contributed by atoms with Crippen molar-refractivity contribution in [3.8, 4) is 0 Å². The van der Waals surface area contributed by atoms with Gasteiger partial charge in [-0.2, -0.15) is 0 Å². The molecule has 0 radical (unpaired) electrons. The number of anilines is 1. The predicted molar refractivity (Wildman–Crippen MR) is 77.7 cm³/mol. The molecule has 0 bridgehead atoms. The van der Waals surface area contributed by atoms with Gasteiger partial charge in [0.2, 0.25) is 0 Å². The number of nitrogens with one attached hydrogen (secondary N) is 1. The van der Waals surface area contributed by atoms with Crippen LogP contribution in [-0.4, -0.2) is 41.8 Å². The second-order valence-corrected chi connectivity index (χ2v) is 5.27. The molecule has 2 rings (SSSR count). The molecule has 5 nitrogen and oxygen atoms in total. The Hall–Kier alpha value is -1.59. The second-order valence-electron chi connectivity index (χ2n) is 5.27. The Morgan fingerprint density at radius 2 is 2.10 bits per heavy atom. The third-order valence-electron chi connectivity index (χ3n) is 3.80. The van der Waals surface area contributed by atoms with Crippen LogP contribution in [0.4, 0.5) is 10.5 Å². The number of aliphatic hydroxyl groups excluding tert-OH is 1. The van der Waals surface area contributed by atoms with Crippen LogP contribution in [0, 0.1) is 0 Å². The summed E-state index contributed by atoms with van der Waals surface area (Å²) in [4.78, 5) is 13.9. The van der Waals surface area contributed by atoms with E-state index >= 15 is 0 Å². The molecule has 1 saturated heterocycles. The summed E-state index contributed by atoms with van der Waals surface area (Å²) in [6.45, 7) is 4.40. The fraction of sp³-hybridized carbons (Fsp3) is 0.533. The second kappa shape index (κ2) is 6.24. The Morgan fingerprint density at radius 3 is 2.60 bits per heavy atom. The maximum atomic E-state index is 12.2. The number of carbonyl (C=O) groups is 1. The van der Waals surface area contributed by atoms with Crippen LogP contribution in [0.1, 0.15) is 31.9 Å². The fourth-order valence-corrected chi connectivity index (χ4v) is 2.44. The molecule has 0 aromatic heterocycles. The summed E-state index contributed by atoms with van der Waals surface area (Å²) < 4.78 is 5.48. The van der Waals surface area contributed by atoms with E-state index in [4.69, 9.17) is 4.74 Å². The normalized spacial score (nSPS) is 23.4. The summed E-state index contributed by atoms with van der Waals surface area (Å²) in [6.07, 6.45) is 0.439. The average Bonchev–Trinajstić information content (AvgIpc) is 2.84. The van der Waals surface area contributed by atoms with E-state index in [1.807, 2.05) is 19.1 Å². The number of nitrogens with zero attached hydrogens (tertiary/aromatic N) is 1. The third kappa shape index (κ3) is 3.29. The Balaban J connectivity index is 1.96. The van der Waals surface area contributed by atoms with E-state index in [-0.39, 0.29) is 18.2 Å². The summed E-state index contributed by atoms with van der Waals surface area (Å²) in [7, 11) is 1.79. The number of likely N-dealkylation sites (N-methyl/N-ethyl adjacent to an activating group) is 1. The molecule has 3 unspecified atom stereocenters. The molecule has 2 amide bonds. The Labute approximate surface area is 119 Å². The largest absolute Gasteiger partial charge is 0.389 e. The monoisotopic (exact) mass is 278 g/mol. The van der Waals surface area contributed by atoms with Gasteiger partial charge in [-0.1, -0.05) is 12.1 Å². The van der Waals surface area contributed by atoms with Gasteiger partial charge in [-0.25, -0.2) is 4.79 Å². The first-order valence-electron chi connectivity index (χ1n) is 6.92. The SMILES string of the molecule is CC(O)c1ccc(NC(=O)N(C)C2CCOC2C)cc1. The lowest BCUT2D eigenvalue weighted by Crippen LogP contribution is -2.43. The average molecular weight is 278 g/mol. The lowest BCUT2D eigenvalue weighted by atomic mass is 10.1. The van der Waals surface area contributed by atoms with Crippen LogP contribution in [0.2, 0.25) is 0 Å². The molecule has 1 fully saturated rings. The minimum atomic E-state index is -0.501. The molecule has 110 valence electrons. The number of ether oxygens (including phenoxy) is 1. The number of carbonyl (C=O) groups excluding carboxylic acids is 1. The van der Waals surface area contributed by atoms with Crippen molar-refractivity contribution in [2.45, 2.75) is 38.5 Å². The van der Waals surface area contributed by atoms with Crippen molar-refractivity contribution in [1.29, 1.82) is 0 Å². The molecule has 0 aliphatic carbocycles. The van der Waals surface area contributed by atoms with E-state index in [0.717, 1.165) is 17.7 Å². The zero-order valence-electron chi connectivity index (χ0n) is 12.2. The summed E-state index contributed by atoms with van der Waals surface area (Å²) in [6, 6.07) is 7.18. The molecule has 1 heterocycles. The van der Waals surface area contributed by atoms with Crippen LogP contribution >= 0.6 is 0 Å². The van der Waals surface area contributed by atoms with Crippen molar-refractivity contribution in [2.24, 2.45) is 0 Å². The lowest BCUT2D eigenvalue weighted by molar-refractivity contribution is 0.0929. The summed E-state index contributed by atoms with van der Waals surface area (Å²) >= 11 is 0. The van der Waals surface area contributed by atoms with Crippen molar-refractivity contribution in [2.75, 3.05) is 19.0 Å². The number of amides is 2. The van der Waals surface area contributed by atoms with Gasteiger partial charge in [0.1, 0.15) is 0 Å². The number of hydrogen-bond donors (Lipinski definition) is 2. The highest BCUT2D eigenvalue weighted by atomic mass is 16.5. The van der Waals surface area contributed by atoms with Crippen LogP contribution in [0.25, 0.3) is 0 Å². The first-order chi connectivity index (χ1) is 9.49. The van der Waals surface area contributed by atoms with Crippen LogP contribution in [0.15, 0.2) is 24.3 Å². The van der Waals surface area contributed by atoms with Crippen LogP contribution in [0.5, 0.6) is 0 Å². The van der Waals surface area contributed by atoms with Gasteiger partial charge < -0.3 is 20.1 Å². The highest BCUT2D eigenvalue weighted by molar-refractivity contribution is 5.89. The van der Waals surface area contributed by atoms with E-state index < -0.39 is 6.10 Å². The first-order valence-corrected chi connectivity index (χ1v) is 6.92. The summed E-state index contributed by atoms with van der Waals surface area (Å²) in [5.74, 6) is 0. The molecule has 0 spiro atoms. The molecular formula is C15H22N2O3. The Kier molecular flexibility index (Phi) is 4.62. The molecular weight excluding hydrogens is 256 g/mol. The highest BCUT2D eigenvalue weighted by Crippen LogP contribution is 2.20. The minimum Gasteiger partial charge on any atom is -0.389 e. The van der Waals surface area contributed by atoms with Gasteiger partial charge in [0.15, 0.2) is 0 Å². The van der Waals surface area contributed by atoms with Crippen LogP contribution in [0.3, 0.4) is 0 Å². The topological polar surface area (TPSA) is 61.8 Å². The molecule has 0 saturated carbocycles. The summed E-state index contributed by atoms with van der Waals surface area (Å²) in [5.41, 5.74) is 1.55. The van der Waals surface area contributed by atoms with Gasteiger partial charge in [-0.05, 0) is 38.0 Å². The van der Waals surface area contributed by atoms with Crippen molar-refractivity contribution < 1.29 is 14.6 Å². The Morgan fingerprint density at radius 1 is 1.45 bits per heavy atom. The zero-order chi connectivity index (χ0) is 14.7. The van der Waals surface area contributed by atoms with Gasteiger partial charge in [0.05, 0.1) is 18.2 Å². The molecule has 1 aliphatic heterocycles. The smallest absolute Gasteiger partial charge is 0.321 e. The van der Waals surface area contributed by atoms with E-state index in [2.05, 4.69) is 5.32 Å². The minimum absolute atomic E-state index is 0.0726. The van der Waals surface area contributed by atoms with Gasteiger partial charge in [0.25, 0.3) is 0 Å². The molecule has 5 heteroatoms. The van der Waals surface area contributed by atoms with Crippen molar-refractivity contribution in [3.05, 3.63) is 29.8 Å². The van der Waals surface area contributed by atoms with Crippen molar-refractivity contribution in [1.82, 2.24) is 4.90 Å². The summed E-state index contributed by atoms with van der Waals surface area (Å²) in [5, 5.41) is 12.3. The molecule has 2 N–H and O–H groups in total. The quantitative estimate of drug-likeness (QED) is 0.892. The van der Waals surface area contributed by atoms with Crippen molar-refractivity contribution in [3.63, 3.8) is 0 Å². The van der Waals surface area contributed by atoms with Crippen LogP contribution in [-0.2, 0) is 4.74 Å². The molecule has 1 aromatic rings. The fourth-order valence-electron chi connectivity index (χ4n) is 2.44. The number of urea groups is 1. The number of aliphatic hydroxyl groups is 1. The molecule has 1 aromatic carbocycles. The van der Waals surface area contributed by atoms with Crippen molar-refractivity contribution >= 4 is 11.7 Å². The third-order valence-corrected chi connectivity index (χ3v) is 3.80. The highest BCUT2D eigenvalue weighted by Gasteiger charge is 2.30. The molecule has 1 aliphatic rings. The maximum Gasteiger partial charge on any atom is 0.321 e. The van der Waals surface area contributed by atoms with Gasteiger partial charge in [0, 0.05) is 19.3 Å². The van der Waals surface area contributed by atoms with E-state index in [1.54, 1.807) is 31.0 Å². The molecule has 3 atom stereocenters. The Bertz CT molecular complexity index is 459. The number of benzene rings is 1. The number of hydrogen-bond acceptors (Lipinski definition) is 3. The van der Waals surface area contributed by atoms with E-state index in [0.29, 0.717) is 6.61 Å². The van der Waals surface area contributed by atoms with E-state index in [1.165, 1.54) is 0 Å². The molecule has 20 heavy (non-hydrogen) atoms. The standard InChI is InChI=1S/C15H22N2O3/c1-10(18)12-4-6-13(7-5-12)16-15(19)17(3)14-8-9-20-11(14)2/h4-7,10-11,14,18H,8-9H2,1-3H3,(H,16,19). The lowest BCUT2D eigenvalue weighted by Gasteiger charge is -2.26. The van der Waals surface area contributed by atoms with Gasteiger partial charge in [-0.3, -0.25) is 0 Å². The zero-order valence-corrected chi connectivity index (χ0v) is 12.2. The van der Waals surface area contributed by atoms with Gasteiger partial charge >= 0.3 is 6.03 Å². The van der Waals surface area contributed by atoms with Gasteiger partial charge in [-0.15, -0.1) is 0 Å². The maximum absolute atomic E-state index is 12.2. The van der Waals surface area contributed by atoms with E-state index in [9.17, 15) is 9.90 Å². The van der Waals surface area contributed by atoms with Crippen LogP contribution < -0.4 is 5.32 Å². The predicted octanol–water partition coefficient (Wildman–Crippen LogP) is 2.38. The number of rotatable bonds is 3.